The minimum Gasteiger partial charge on any atom is -0.453 e. The van der Waals surface area contributed by atoms with Gasteiger partial charge in [0.25, 0.3) is 0 Å². The van der Waals surface area contributed by atoms with Crippen LogP contribution in [0.1, 0.15) is 20.9 Å². The third kappa shape index (κ3) is 1.87. The van der Waals surface area contributed by atoms with Crippen LogP contribution in [0.3, 0.4) is 0 Å². The van der Waals surface area contributed by atoms with Crippen LogP contribution in [-0.4, -0.2) is 12.6 Å². The van der Waals surface area contributed by atoms with Gasteiger partial charge in [-0.2, -0.15) is 0 Å². The molecule has 2 rings (SSSR count). The Hall–Kier alpha value is -2.30. The number of hydrogen-bond acceptors (Lipinski definition) is 3. The molecule has 2 aromatic rings. The quantitative estimate of drug-likeness (QED) is 0.770. The molecular weight excluding hydrogens is 230 g/mol. The molecule has 0 radical (unpaired) electrons. The monoisotopic (exact) mass is 236 g/mol. The predicted molar refractivity (Wildman–Crippen MR) is 54.8 cm³/mol. The van der Waals surface area contributed by atoms with E-state index in [9.17, 15) is 18.4 Å². The molecule has 0 spiro atoms. The Labute approximate surface area is 94.7 Å². The lowest BCUT2D eigenvalue weighted by atomic mass is 10.1. The SMILES string of the molecule is O=Cc1ccc(-c2c(C=O)ccc(F)c2F)o1. The lowest BCUT2D eigenvalue weighted by Crippen LogP contribution is -1.94. The molecular formula is C12H6F2O3. The summed E-state index contributed by atoms with van der Waals surface area (Å²) in [6.07, 6.45) is 0.822. The van der Waals surface area contributed by atoms with E-state index in [-0.39, 0.29) is 22.6 Å². The second-order valence-electron chi connectivity index (χ2n) is 3.26. The molecule has 1 heterocycles. The van der Waals surface area contributed by atoms with Crippen molar-refractivity contribution < 1.29 is 22.8 Å². The Balaban J connectivity index is 2.68. The summed E-state index contributed by atoms with van der Waals surface area (Å²) in [6.45, 7) is 0. The van der Waals surface area contributed by atoms with E-state index < -0.39 is 11.6 Å². The Morgan fingerprint density at radius 1 is 1.00 bits per heavy atom. The summed E-state index contributed by atoms with van der Waals surface area (Å²) < 4.78 is 31.6. The van der Waals surface area contributed by atoms with E-state index in [2.05, 4.69) is 0 Å². The average molecular weight is 236 g/mol. The summed E-state index contributed by atoms with van der Waals surface area (Å²) in [6, 6.07) is 4.60. The average Bonchev–Trinajstić information content (AvgIpc) is 2.80. The highest BCUT2D eigenvalue weighted by Crippen LogP contribution is 2.29. The molecule has 1 aromatic heterocycles. The molecule has 0 unspecified atom stereocenters. The largest absolute Gasteiger partial charge is 0.453 e. The fourth-order valence-electron chi connectivity index (χ4n) is 1.46. The van der Waals surface area contributed by atoms with E-state index in [1.54, 1.807) is 0 Å². The first-order valence-corrected chi connectivity index (χ1v) is 4.66. The smallest absolute Gasteiger partial charge is 0.185 e. The topological polar surface area (TPSA) is 47.3 Å². The number of halogens is 2. The van der Waals surface area contributed by atoms with Crippen molar-refractivity contribution in [2.75, 3.05) is 0 Å². The van der Waals surface area contributed by atoms with Crippen molar-refractivity contribution in [3.63, 3.8) is 0 Å². The van der Waals surface area contributed by atoms with E-state index in [1.165, 1.54) is 12.1 Å². The van der Waals surface area contributed by atoms with Gasteiger partial charge < -0.3 is 4.42 Å². The van der Waals surface area contributed by atoms with E-state index >= 15 is 0 Å². The van der Waals surface area contributed by atoms with Crippen LogP contribution in [0, 0.1) is 11.6 Å². The van der Waals surface area contributed by atoms with Crippen LogP contribution in [-0.2, 0) is 0 Å². The minimum atomic E-state index is -1.18. The third-order valence-electron chi connectivity index (χ3n) is 2.24. The number of benzene rings is 1. The molecule has 0 bridgehead atoms. The number of hydrogen-bond donors (Lipinski definition) is 0. The fourth-order valence-corrected chi connectivity index (χ4v) is 1.46. The summed E-state index contributed by atoms with van der Waals surface area (Å²) in [5.74, 6) is -2.36. The predicted octanol–water partition coefficient (Wildman–Crippen LogP) is 2.85. The van der Waals surface area contributed by atoms with Gasteiger partial charge in [-0.25, -0.2) is 8.78 Å². The third-order valence-corrected chi connectivity index (χ3v) is 2.24. The van der Waals surface area contributed by atoms with Gasteiger partial charge in [-0.1, -0.05) is 0 Å². The number of aldehydes is 2. The van der Waals surface area contributed by atoms with Crippen LogP contribution >= 0.6 is 0 Å². The zero-order valence-electron chi connectivity index (χ0n) is 8.44. The van der Waals surface area contributed by atoms with Crippen molar-refractivity contribution in [3.05, 3.63) is 47.2 Å². The first-order chi connectivity index (χ1) is 8.17. The maximum Gasteiger partial charge on any atom is 0.185 e. The lowest BCUT2D eigenvalue weighted by Gasteiger charge is -2.03. The van der Waals surface area contributed by atoms with E-state index in [0.29, 0.717) is 12.6 Å². The Morgan fingerprint density at radius 2 is 1.76 bits per heavy atom. The van der Waals surface area contributed by atoms with Gasteiger partial charge in [-0.15, -0.1) is 0 Å². The second-order valence-corrected chi connectivity index (χ2v) is 3.26. The molecule has 0 atom stereocenters. The van der Waals surface area contributed by atoms with Gasteiger partial charge >= 0.3 is 0 Å². The normalized spacial score (nSPS) is 10.2. The first-order valence-electron chi connectivity index (χ1n) is 4.66. The number of carbonyl (C=O) groups excluding carboxylic acids is 2. The van der Waals surface area contributed by atoms with Crippen molar-refractivity contribution in [2.24, 2.45) is 0 Å². The van der Waals surface area contributed by atoms with Crippen LogP contribution in [0.25, 0.3) is 11.3 Å². The summed E-state index contributed by atoms with van der Waals surface area (Å²) in [5.41, 5.74) is -0.330. The Morgan fingerprint density at radius 3 is 2.35 bits per heavy atom. The Bertz CT molecular complexity index is 587. The van der Waals surface area contributed by atoms with Crippen molar-refractivity contribution in [3.8, 4) is 11.3 Å². The second kappa shape index (κ2) is 4.29. The van der Waals surface area contributed by atoms with Crippen molar-refractivity contribution >= 4 is 12.6 Å². The molecule has 0 aliphatic heterocycles. The molecule has 5 heteroatoms. The standard InChI is InChI=1S/C12H6F2O3/c13-9-3-1-7(5-15)11(12(9)14)10-4-2-8(6-16)17-10/h1-6H. The number of furan rings is 1. The van der Waals surface area contributed by atoms with Gasteiger partial charge in [-0.05, 0) is 24.3 Å². The molecule has 0 aliphatic carbocycles. The van der Waals surface area contributed by atoms with Crippen LogP contribution in [0.2, 0.25) is 0 Å². The highest BCUT2D eigenvalue weighted by atomic mass is 19.2. The van der Waals surface area contributed by atoms with Crippen LogP contribution < -0.4 is 0 Å². The van der Waals surface area contributed by atoms with Crippen molar-refractivity contribution in [1.82, 2.24) is 0 Å². The van der Waals surface area contributed by atoms with Crippen molar-refractivity contribution in [1.29, 1.82) is 0 Å². The zero-order valence-corrected chi connectivity index (χ0v) is 8.44. The van der Waals surface area contributed by atoms with Gasteiger partial charge in [-0.3, -0.25) is 9.59 Å². The van der Waals surface area contributed by atoms with Crippen LogP contribution in [0.15, 0.2) is 28.7 Å². The Kier molecular flexibility index (Phi) is 2.82. The van der Waals surface area contributed by atoms with E-state index in [1.807, 2.05) is 0 Å². The maximum absolute atomic E-state index is 13.6. The van der Waals surface area contributed by atoms with Crippen molar-refractivity contribution in [2.45, 2.75) is 0 Å². The van der Waals surface area contributed by atoms with Gasteiger partial charge in [0.1, 0.15) is 5.76 Å². The molecule has 0 saturated heterocycles. The summed E-state index contributed by atoms with van der Waals surface area (Å²) in [4.78, 5) is 21.2. The van der Waals surface area contributed by atoms with Crippen LogP contribution in [0.4, 0.5) is 8.78 Å². The molecule has 0 amide bonds. The molecule has 3 nitrogen and oxygen atoms in total. The van der Waals surface area contributed by atoms with Crippen LogP contribution in [0.5, 0.6) is 0 Å². The molecule has 0 N–H and O–H groups in total. The first kappa shape index (κ1) is 11.2. The van der Waals surface area contributed by atoms with E-state index in [4.69, 9.17) is 4.42 Å². The summed E-state index contributed by atoms with van der Waals surface area (Å²) in [7, 11) is 0. The van der Waals surface area contributed by atoms with Gasteiger partial charge in [0, 0.05) is 5.56 Å². The highest BCUT2D eigenvalue weighted by Gasteiger charge is 2.18. The van der Waals surface area contributed by atoms with Gasteiger partial charge in [0.05, 0.1) is 5.56 Å². The summed E-state index contributed by atoms with van der Waals surface area (Å²) in [5, 5.41) is 0. The fraction of sp³-hybridized carbons (Fsp3) is 0. The number of carbonyl (C=O) groups is 2. The summed E-state index contributed by atoms with van der Waals surface area (Å²) >= 11 is 0. The molecule has 1 aromatic carbocycles. The molecule has 0 saturated carbocycles. The maximum atomic E-state index is 13.6. The van der Waals surface area contributed by atoms with Gasteiger partial charge in [0.2, 0.25) is 0 Å². The molecule has 0 aliphatic rings. The molecule has 17 heavy (non-hydrogen) atoms. The molecule has 0 fully saturated rings. The lowest BCUT2D eigenvalue weighted by molar-refractivity contribution is 0.110. The number of rotatable bonds is 3. The minimum absolute atomic E-state index is 0.0273. The van der Waals surface area contributed by atoms with E-state index in [0.717, 1.165) is 12.1 Å². The highest BCUT2D eigenvalue weighted by molar-refractivity contribution is 5.87. The molecule has 86 valence electrons. The van der Waals surface area contributed by atoms with Gasteiger partial charge in [0.15, 0.2) is 30.0 Å². The zero-order chi connectivity index (χ0) is 12.4.